The fraction of sp³-hybridized carbons (Fsp3) is 0.261. The van der Waals surface area contributed by atoms with Crippen LogP contribution in [0.15, 0.2) is 45.8 Å². The minimum Gasteiger partial charge on any atom is -0.493 e. The highest BCUT2D eigenvalue weighted by molar-refractivity contribution is 9.10. The monoisotopic (exact) mass is 564 g/mol. The maximum atomic E-state index is 12.8. The Morgan fingerprint density at radius 2 is 1.94 bits per heavy atom. The van der Waals surface area contributed by atoms with Crippen LogP contribution in [-0.4, -0.2) is 46.7 Å². The Kier molecular flexibility index (Phi) is 8.52. The Balaban J connectivity index is 1.79. The summed E-state index contributed by atoms with van der Waals surface area (Å²) in [4.78, 5) is 48.5. The number of imide groups is 1. The van der Waals surface area contributed by atoms with Crippen molar-refractivity contribution in [2.24, 2.45) is 0 Å². The number of esters is 1. The van der Waals surface area contributed by atoms with Crippen LogP contribution in [0.3, 0.4) is 0 Å². The quantitative estimate of drug-likeness (QED) is 0.180. The Hall–Kier alpha value is -3.38. The molecule has 10 nitrogen and oxygen atoms in total. The van der Waals surface area contributed by atoms with Gasteiger partial charge in [0, 0.05) is 12.1 Å². The van der Waals surface area contributed by atoms with Crippen LogP contribution in [-0.2, 0) is 20.9 Å². The number of carbonyl (C=O) groups excluding carboxylic acids is 3. The van der Waals surface area contributed by atoms with E-state index in [-0.39, 0.29) is 23.8 Å². The molecule has 2 aromatic rings. The van der Waals surface area contributed by atoms with Crippen molar-refractivity contribution in [3.05, 3.63) is 67.0 Å². The van der Waals surface area contributed by atoms with Gasteiger partial charge >= 0.3 is 5.97 Å². The minimum absolute atomic E-state index is 0.0158. The van der Waals surface area contributed by atoms with E-state index in [2.05, 4.69) is 15.9 Å². The zero-order valence-corrected chi connectivity index (χ0v) is 21.4. The van der Waals surface area contributed by atoms with Crippen LogP contribution in [0.5, 0.6) is 11.5 Å². The van der Waals surface area contributed by atoms with Crippen molar-refractivity contribution in [2.45, 2.75) is 26.5 Å². The summed E-state index contributed by atoms with van der Waals surface area (Å²) in [5.74, 6) is -0.483. The summed E-state index contributed by atoms with van der Waals surface area (Å²) in [6, 6.07) is 8.27. The average molecular weight is 565 g/mol. The molecule has 0 saturated carbocycles. The highest BCUT2D eigenvalue weighted by Gasteiger charge is 2.41. The number of methoxy groups -OCH3 is 1. The van der Waals surface area contributed by atoms with Gasteiger partial charge in [-0.1, -0.05) is 0 Å². The first-order valence-corrected chi connectivity index (χ1v) is 11.9. The molecule has 3 rings (SSSR count). The second kappa shape index (κ2) is 11.4. The van der Waals surface area contributed by atoms with Gasteiger partial charge in [0.1, 0.15) is 12.6 Å². The predicted octanol–water partition coefficient (Wildman–Crippen LogP) is 4.93. The lowest BCUT2D eigenvalue weighted by atomic mass is 10.1. The Labute approximate surface area is 213 Å². The molecule has 0 bridgehead atoms. The van der Waals surface area contributed by atoms with Gasteiger partial charge in [-0.05, 0) is 83.0 Å². The van der Waals surface area contributed by atoms with E-state index >= 15 is 0 Å². The molecule has 0 N–H and O–H groups in total. The highest BCUT2D eigenvalue weighted by Crippen LogP contribution is 2.40. The molecule has 2 aromatic carbocycles. The zero-order chi connectivity index (χ0) is 25.7. The number of nitro benzene ring substituents is 1. The van der Waals surface area contributed by atoms with Crippen molar-refractivity contribution in [2.75, 3.05) is 13.7 Å². The molecule has 0 radical (unpaired) electrons. The van der Waals surface area contributed by atoms with Gasteiger partial charge < -0.3 is 14.2 Å². The summed E-state index contributed by atoms with van der Waals surface area (Å²) < 4.78 is 16.7. The van der Waals surface area contributed by atoms with Crippen LogP contribution < -0.4 is 9.47 Å². The van der Waals surface area contributed by atoms with E-state index < -0.39 is 28.1 Å². The van der Waals surface area contributed by atoms with Crippen molar-refractivity contribution in [1.29, 1.82) is 0 Å². The van der Waals surface area contributed by atoms with Crippen LogP contribution in [0.25, 0.3) is 6.08 Å². The Morgan fingerprint density at radius 1 is 1.26 bits per heavy atom. The molecule has 184 valence electrons. The van der Waals surface area contributed by atoms with E-state index in [9.17, 15) is 24.5 Å². The van der Waals surface area contributed by atoms with Gasteiger partial charge in [0.2, 0.25) is 0 Å². The average Bonchev–Trinajstić information content (AvgIpc) is 3.10. The maximum Gasteiger partial charge on any atom is 0.329 e. The molecule has 35 heavy (non-hydrogen) atoms. The number of hydrogen-bond donors (Lipinski definition) is 0. The number of hydrogen-bond acceptors (Lipinski definition) is 9. The predicted molar refractivity (Wildman–Crippen MR) is 132 cm³/mol. The summed E-state index contributed by atoms with van der Waals surface area (Å²) in [5, 5.41) is 10.2. The first kappa shape index (κ1) is 26.2. The van der Waals surface area contributed by atoms with Gasteiger partial charge in [-0.3, -0.25) is 24.6 Å². The van der Waals surface area contributed by atoms with Crippen LogP contribution in [0.1, 0.15) is 25.0 Å². The number of rotatable bonds is 9. The summed E-state index contributed by atoms with van der Waals surface area (Å²) >= 11 is 4.17. The number of benzene rings is 2. The summed E-state index contributed by atoms with van der Waals surface area (Å²) in [7, 11) is 1.46. The first-order chi connectivity index (χ1) is 16.7. The van der Waals surface area contributed by atoms with Crippen LogP contribution in [0.4, 0.5) is 10.5 Å². The van der Waals surface area contributed by atoms with Gasteiger partial charge in [-0.2, -0.15) is 0 Å². The lowest BCUT2D eigenvalue weighted by molar-refractivity contribution is -0.384. The fourth-order valence-corrected chi connectivity index (χ4v) is 4.65. The van der Waals surface area contributed by atoms with Crippen LogP contribution >= 0.6 is 27.7 Å². The summed E-state index contributed by atoms with van der Waals surface area (Å²) in [5.41, 5.74) is 1.27. The van der Waals surface area contributed by atoms with E-state index in [1.807, 2.05) is 0 Å². The van der Waals surface area contributed by atoms with Gasteiger partial charge in [0.15, 0.2) is 11.5 Å². The number of carbonyl (C=O) groups is 3. The third kappa shape index (κ3) is 6.01. The SMILES string of the molecule is CCOC(=O)[C@H](C)N1C(=O)S/C(=C/c2cc(Br)c(OCc3ccc([N+](=O)[O-])cc3)c(OC)c2)C1=O. The summed E-state index contributed by atoms with van der Waals surface area (Å²) in [6.45, 7) is 3.36. The molecule has 0 aliphatic carbocycles. The summed E-state index contributed by atoms with van der Waals surface area (Å²) in [6.07, 6.45) is 1.52. The van der Waals surface area contributed by atoms with Crippen molar-refractivity contribution >= 4 is 56.6 Å². The molecule has 0 spiro atoms. The first-order valence-electron chi connectivity index (χ1n) is 10.3. The number of non-ortho nitro benzene ring substituents is 1. The topological polar surface area (TPSA) is 125 Å². The normalized spacial score (nSPS) is 15.3. The van der Waals surface area contributed by atoms with E-state index in [0.29, 0.717) is 21.5 Å². The molecular formula is C23H21BrN2O8S. The molecule has 2 amide bonds. The maximum absolute atomic E-state index is 12.8. The lowest BCUT2D eigenvalue weighted by Crippen LogP contribution is -2.42. The van der Waals surface area contributed by atoms with Gasteiger partial charge in [0.05, 0.1) is 28.0 Å². The van der Waals surface area contributed by atoms with E-state index in [4.69, 9.17) is 14.2 Å². The van der Waals surface area contributed by atoms with E-state index in [1.54, 1.807) is 31.2 Å². The molecule has 1 fully saturated rings. The standard InChI is InChI=1S/C23H21BrN2O8S/c1-4-33-22(28)13(2)25-21(27)19(35-23(25)29)11-15-9-17(24)20(18(10-15)32-3)34-12-14-5-7-16(8-6-14)26(30)31/h5-11,13H,4,12H2,1-3H3/b19-11+/t13-/m0/s1. The molecular weight excluding hydrogens is 544 g/mol. The number of nitro groups is 1. The fourth-order valence-electron chi connectivity index (χ4n) is 3.17. The highest BCUT2D eigenvalue weighted by atomic mass is 79.9. The molecule has 0 aromatic heterocycles. The second-order valence-corrected chi connectivity index (χ2v) is 9.07. The Morgan fingerprint density at radius 3 is 2.54 bits per heavy atom. The number of nitrogens with zero attached hydrogens (tertiary/aromatic N) is 2. The van der Waals surface area contributed by atoms with Crippen molar-refractivity contribution in [3.63, 3.8) is 0 Å². The zero-order valence-electron chi connectivity index (χ0n) is 19.0. The van der Waals surface area contributed by atoms with E-state index in [0.717, 1.165) is 22.2 Å². The largest absolute Gasteiger partial charge is 0.493 e. The second-order valence-electron chi connectivity index (χ2n) is 7.23. The molecule has 1 aliphatic heterocycles. The van der Waals surface area contributed by atoms with Crippen LogP contribution in [0.2, 0.25) is 0 Å². The number of amides is 2. The van der Waals surface area contributed by atoms with E-state index in [1.165, 1.54) is 32.2 Å². The molecule has 12 heteroatoms. The lowest BCUT2D eigenvalue weighted by Gasteiger charge is -2.19. The molecule has 0 unspecified atom stereocenters. The van der Waals surface area contributed by atoms with Crippen molar-refractivity contribution in [1.82, 2.24) is 4.90 Å². The minimum atomic E-state index is -1.04. The number of ether oxygens (including phenoxy) is 3. The van der Waals surface area contributed by atoms with Gasteiger partial charge in [-0.25, -0.2) is 4.79 Å². The van der Waals surface area contributed by atoms with Crippen LogP contribution in [0, 0.1) is 10.1 Å². The van der Waals surface area contributed by atoms with Gasteiger partial charge in [0.25, 0.3) is 16.8 Å². The number of thioether (sulfide) groups is 1. The third-order valence-electron chi connectivity index (χ3n) is 4.92. The number of halogens is 1. The smallest absolute Gasteiger partial charge is 0.329 e. The Bertz CT molecular complexity index is 1200. The van der Waals surface area contributed by atoms with Crippen molar-refractivity contribution < 1.29 is 33.5 Å². The molecule has 1 saturated heterocycles. The van der Waals surface area contributed by atoms with Crippen molar-refractivity contribution in [3.8, 4) is 11.5 Å². The molecule has 1 atom stereocenters. The van der Waals surface area contributed by atoms with Gasteiger partial charge in [-0.15, -0.1) is 0 Å². The third-order valence-corrected chi connectivity index (χ3v) is 6.39. The molecule has 1 heterocycles. The molecule has 1 aliphatic rings.